The van der Waals surface area contributed by atoms with Crippen LogP contribution in [0.3, 0.4) is 0 Å². The molecule has 1 aliphatic rings. The zero-order valence-corrected chi connectivity index (χ0v) is 14.4. The Balaban J connectivity index is 1.79. The summed E-state index contributed by atoms with van der Waals surface area (Å²) in [5, 5.41) is 3.25. The number of nitrogens with one attached hydrogen (secondary N) is 1. The molecule has 1 fully saturated rings. The molecule has 1 aliphatic heterocycles. The van der Waals surface area contributed by atoms with Crippen molar-refractivity contribution in [2.24, 2.45) is 0 Å². The van der Waals surface area contributed by atoms with Gasteiger partial charge in [-0.25, -0.2) is 4.98 Å². The third-order valence-corrected chi connectivity index (χ3v) is 4.32. The van der Waals surface area contributed by atoms with Crippen LogP contribution in [-0.2, 0) is 0 Å². The van der Waals surface area contributed by atoms with Crippen LogP contribution >= 0.6 is 0 Å². The second-order valence-corrected chi connectivity index (χ2v) is 6.35. The molecule has 126 valence electrons. The molecule has 0 aliphatic carbocycles. The highest BCUT2D eigenvalue weighted by Gasteiger charge is 2.13. The average Bonchev–Trinajstić information content (AvgIpc) is 2.84. The Morgan fingerprint density at radius 2 is 1.71 bits per heavy atom. The highest BCUT2D eigenvalue weighted by atomic mass is 16.1. The first-order chi connectivity index (χ1) is 11.6. The van der Waals surface area contributed by atoms with Gasteiger partial charge in [-0.15, -0.1) is 0 Å². The topological polar surface area (TPSA) is 58.1 Å². The quantitative estimate of drug-likeness (QED) is 0.858. The van der Waals surface area contributed by atoms with Crippen molar-refractivity contribution in [3.8, 4) is 0 Å². The molecule has 0 amide bonds. The van der Waals surface area contributed by atoms with Gasteiger partial charge < -0.3 is 10.2 Å². The van der Waals surface area contributed by atoms with Gasteiger partial charge in [0.15, 0.2) is 5.78 Å². The number of hydrogen-bond acceptors (Lipinski definition) is 5. The lowest BCUT2D eigenvalue weighted by Crippen LogP contribution is -2.25. The van der Waals surface area contributed by atoms with Crippen LogP contribution in [0.15, 0.2) is 30.3 Å². The normalized spacial score (nSPS) is 15.0. The summed E-state index contributed by atoms with van der Waals surface area (Å²) in [6, 6.07) is 9.45. The Morgan fingerprint density at radius 1 is 1.04 bits per heavy atom. The fraction of sp³-hybridized carbons (Fsp3) is 0.421. The number of benzene rings is 1. The molecule has 2 heterocycles. The Labute approximate surface area is 143 Å². The van der Waals surface area contributed by atoms with Crippen LogP contribution in [0.25, 0.3) is 0 Å². The maximum absolute atomic E-state index is 11.4. The standard InChI is InChI=1S/C19H24N4O/c1-14-13-18(23-11-5-3-4-6-12-23)22-19(20-14)21-17-9-7-16(8-10-17)15(2)24/h7-10,13H,3-6,11-12H2,1-2H3,(H,20,21,22). The lowest BCUT2D eigenvalue weighted by atomic mass is 10.1. The lowest BCUT2D eigenvalue weighted by molar-refractivity contribution is 0.101. The molecule has 1 aromatic heterocycles. The SMILES string of the molecule is CC(=O)c1ccc(Nc2nc(C)cc(N3CCCCCC3)n2)cc1. The lowest BCUT2D eigenvalue weighted by Gasteiger charge is -2.22. The monoisotopic (exact) mass is 324 g/mol. The maximum atomic E-state index is 11.4. The molecule has 0 saturated carbocycles. The molecule has 0 radical (unpaired) electrons. The highest BCUT2D eigenvalue weighted by molar-refractivity contribution is 5.94. The molecule has 1 N–H and O–H groups in total. The predicted molar refractivity (Wildman–Crippen MR) is 97.2 cm³/mol. The summed E-state index contributed by atoms with van der Waals surface area (Å²) in [5.74, 6) is 1.66. The van der Waals surface area contributed by atoms with Crippen LogP contribution in [0.5, 0.6) is 0 Å². The van der Waals surface area contributed by atoms with Crippen molar-refractivity contribution in [2.45, 2.75) is 39.5 Å². The van der Waals surface area contributed by atoms with E-state index >= 15 is 0 Å². The number of Topliss-reactive ketones (excluding diaryl/α,β-unsaturated/α-hetero) is 1. The molecule has 1 saturated heterocycles. The van der Waals surface area contributed by atoms with Crippen LogP contribution < -0.4 is 10.2 Å². The van der Waals surface area contributed by atoms with Crippen LogP contribution in [-0.4, -0.2) is 28.8 Å². The van der Waals surface area contributed by atoms with Crippen molar-refractivity contribution in [3.63, 3.8) is 0 Å². The summed E-state index contributed by atoms with van der Waals surface area (Å²) >= 11 is 0. The van der Waals surface area contributed by atoms with E-state index in [9.17, 15) is 4.79 Å². The molecular formula is C19H24N4O. The minimum Gasteiger partial charge on any atom is -0.356 e. The summed E-state index contributed by atoms with van der Waals surface area (Å²) in [6.07, 6.45) is 5.04. The third kappa shape index (κ3) is 4.10. The second-order valence-electron chi connectivity index (χ2n) is 6.35. The van der Waals surface area contributed by atoms with E-state index in [1.807, 2.05) is 31.2 Å². The molecule has 0 spiro atoms. The van der Waals surface area contributed by atoms with Gasteiger partial charge in [0.25, 0.3) is 0 Å². The van der Waals surface area contributed by atoms with Crippen molar-refractivity contribution in [3.05, 3.63) is 41.6 Å². The zero-order chi connectivity index (χ0) is 16.9. The first-order valence-electron chi connectivity index (χ1n) is 8.60. The van der Waals surface area contributed by atoms with E-state index in [-0.39, 0.29) is 5.78 Å². The van der Waals surface area contributed by atoms with Crippen molar-refractivity contribution in [2.75, 3.05) is 23.3 Å². The number of rotatable bonds is 4. The number of carbonyl (C=O) groups is 1. The van der Waals surface area contributed by atoms with Crippen LogP contribution in [0.2, 0.25) is 0 Å². The molecular weight excluding hydrogens is 300 g/mol. The van der Waals surface area contributed by atoms with Gasteiger partial charge in [0.2, 0.25) is 5.95 Å². The summed E-state index contributed by atoms with van der Waals surface area (Å²) < 4.78 is 0. The van der Waals surface area contributed by atoms with Crippen molar-refractivity contribution >= 4 is 23.2 Å². The average molecular weight is 324 g/mol. The minimum atomic E-state index is 0.0665. The van der Waals surface area contributed by atoms with Crippen LogP contribution in [0.4, 0.5) is 17.5 Å². The summed E-state index contributed by atoms with van der Waals surface area (Å²) in [5.41, 5.74) is 2.54. The second kappa shape index (κ2) is 7.43. The van der Waals surface area contributed by atoms with Gasteiger partial charge in [-0.2, -0.15) is 4.98 Å². The number of ketones is 1. The number of nitrogens with zero attached hydrogens (tertiary/aromatic N) is 3. The summed E-state index contributed by atoms with van der Waals surface area (Å²) in [7, 11) is 0. The van der Waals surface area contributed by atoms with Gasteiger partial charge in [0.1, 0.15) is 5.82 Å². The first kappa shape index (κ1) is 16.4. The van der Waals surface area contributed by atoms with E-state index in [2.05, 4.69) is 26.3 Å². The van der Waals surface area contributed by atoms with Gasteiger partial charge in [-0.3, -0.25) is 4.79 Å². The Morgan fingerprint density at radius 3 is 2.33 bits per heavy atom. The van der Waals surface area contributed by atoms with E-state index in [1.54, 1.807) is 6.92 Å². The van der Waals surface area contributed by atoms with E-state index < -0.39 is 0 Å². The molecule has 0 bridgehead atoms. The van der Waals surface area contributed by atoms with E-state index in [4.69, 9.17) is 0 Å². The molecule has 2 aromatic rings. The molecule has 0 atom stereocenters. The molecule has 5 nitrogen and oxygen atoms in total. The number of carbonyl (C=O) groups excluding carboxylic acids is 1. The van der Waals surface area contributed by atoms with Gasteiger partial charge in [-0.05, 0) is 51.0 Å². The number of aryl methyl sites for hydroxylation is 1. The largest absolute Gasteiger partial charge is 0.356 e. The Hall–Kier alpha value is -2.43. The van der Waals surface area contributed by atoms with Crippen molar-refractivity contribution in [1.29, 1.82) is 0 Å². The fourth-order valence-corrected chi connectivity index (χ4v) is 2.99. The number of aromatic nitrogens is 2. The van der Waals surface area contributed by atoms with Crippen LogP contribution in [0.1, 0.15) is 48.7 Å². The first-order valence-corrected chi connectivity index (χ1v) is 8.60. The molecule has 3 rings (SSSR count). The Bertz CT molecular complexity index is 704. The van der Waals surface area contributed by atoms with Gasteiger partial charge in [0.05, 0.1) is 0 Å². The highest BCUT2D eigenvalue weighted by Crippen LogP contribution is 2.21. The van der Waals surface area contributed by atoms with Gasteiger partial charge in [-0.1, -0.05) is 12.8 Å². The maximum Gasteiger partial charge on any atom is 0.229 e. The molecule has 24 heavy (non-hydrogen) atoms. The van der Waals surface area contributed by atoms with E-state index in [1.165, 1.54) is 25.7 Å². The van der Waals surface area contributed by atoms with Gasteiger partial charge in [0, 0.05) is 36.1 Å². The minimum absolute atomic E-state index is 0.0665. The summed E-state index contributed by atoms with van der Waals surface area (Å²) in [6.45, 7) is 5.68. The van der Waals surface area contributed by atoms with Crippen LogP contribution in [0, 0.1) is 6.92 Å². The van der Waals surface area contributed by atoms with E-state index in [0.29, 0.717) is 11.5 Å². The van der Waals surface area contributed by atoms with Gasteiger partial charge >= 0.3 is 0 Å². The fourth-order valence-electron chi connectivity index (χ4n) is 2.99. The Kier molecular flexibility index (Phi) is 5.08. The molecule has 1 aromatic carbocycles. The smallest absolute Gasteiger partial charge is 0.229 e. The van der Waals surface area contributed by atoms with E-state index in [0.717, 1.165) is 30.3 Å². The number of anilines is 3. The molecule has 5 heteroatoms. The van der Waals surface area contributed by atoms with Crippen molar-refractivity contribution < 1.29 is 4.79 Å². The third-order valence-electron chi connectivity index (χ3n) is 4.32. The number of hydrogen-bond donors (Lipinski definition) is 1. The van der Waals surface area contributed by atoms with Crippen molar-refractivity contribution in [1.82, 2.24) is 9.97 Å². The molecule has 0 unspecified atom stereocenters. The predicted octanol–water partition coefficient (Wildman–Crippen LogP) is 4.11. The zero-order valence-electron chi connectivity index (χ0n) is 14.4. The summed E-state index contributed by atoms with van der Waals surface area (Å²) in [4.78, 5) is 22.9.